The van der Waals surface area contributed by atoms with Crippen LogP contribution in [0.3, 0.4) is 0 Å². The highest BCUT2D eigenvalue weighted by Crippen LogP contribution is 2.52. The summed E-state index contributed by atoms with van der Waals surface area (Å²) in [6.45, 7) is 0. The van der Waals surface area contributed by atoms with E-state index in [2.05, 4.69) is 54.8 Å². The topological polar surface area (TPSA) is 12.0 Å². The number of fused-ring (bicyclic) bond motifs is 3. The summed E-state index contributed by atoms with van der Waals surface area (Å²) >= 11 is 0. The average molecular weight is 265 g/mol. The Balaban J connectivity index is 1.68. The standard InChI is InChI=1S/C19H23N/c1-20-19(18-11-13-6-7-16(18)10-13)17-9-8-14-4-2-3-5-15(14)12-17/h2-5,8-9,12-13,16,18-20H,6-7,10-11H2,1H3. The van der Waals surface area contributed by atoms with Crippen molar-refractivity contribution >= 4 is 10.8 Å². The fraction of sp³-hybridized carbons (Fsp3) is 0.474. The van der Waals surface area contributed by atoms with Crippen LogP contribution >= 0.6 is 0 Å². The molecule has 2 bridgehead atoms. The van der Waals surface area contributed by atoms with Crippen molar-refractivity contribution < 1.29 is 0 Å². The summed E-state index contributed by atoms with van der Waals surface area (Å²) in [6, 6.07) is 16.2. The van der Waals surface area contributed by atoms with Crippen LogP contribution in [0.1, 0.15) is 37.3 Å². The van der Waals surface area contributed by atoms with Gasteiger partial charge in [-0.1, -0.05) is 42.8 Å². The molecule has 2 aliphatic carbocycles. The number of hydrogen-bond acceptors (Lipinski definition) is 1. The van der Waals surface area contributed by atoms with Gasteiger partial charge in [0.25, 0.3) is 0 Å². The first kappa shape index (κ1) is 12.4. The molecular formula is C19H23N. The maximum Gasteiger partial charge on any atom is 0.0349 e. The van der Waals surface area contributed by atoms with E-state index in [1.165, 1.54) is 42.0 Å². The van der Waals surface area contributed by atoms with Crippen LogP contribution in [0, 0.1) is 17.8 Å². The van der Waals surface area contributed by atoms with Gasteiger partial charge in [-0.2, -0.15) is 0 Å². The maximum atomic E-state index is 3.61. The van der Waals surface area contributed by atoms with Gasteiger partial charge in [0.1, 0.15) is 0 Å². The molecular weight excluding hydrogens is 242 g/mol. The quantitative estimate of drug-likeness (QED) is 0.859. The van der Waals surface area contributed by atoms with Gasteiger partial charge >= 0.3 is 0 Å². The largest absolute Gasteiger partial charge is 0.313 e. The second kappa shape index (κ2) is 4.89. The molecule has 4 unspecified atom stereocenters. The highest BCUT2D eigenvalue weighted by atomic mass is 14.9. The van der Waals surface area contributed by atoms with Crippen LogP contribution < -0.4 is 5.32 Å². The highest BCUT2D eigenvalue weighted by Gasteiger charge is 2.43. The van der Waals surface area contributed by atoms with Gasteiger partial charge in [-0.25, -0.2) is 0 Å². The molecule has 20 heavy (non-hydrogen) atoms. The SMILES string of the molecule is CNC(c1ccc2ccccc2c1)C1CC2CCC1C2. The van der Waals surface area contributed by atoms with E-state index in [4.69, 9.17) is 0 Å². The molecule has 0 radical (unpaired) electrons. The maximum absolute atomic E-state index is 3.61. The van der Waals surface area contributed by atoms with Gasteiger partial charge in [0.05, 0.1) is 0 Å². The molecule has 4 atom stereocenters. The van der Waals surface area contributed by atoms with E-state index in [0.717, 1.165) is 17.8 Å². The van der Waals surface area contributed by atoms with Gasteiger partial charge in [-0.3, -0.25) is 0 Å². The van der Waals surface area contributed by atoms with E-state index in [-0.39, 0.29) is 0 Å². The minimum atomic E-state index is 0.537. The van der Waals surface area contributed by atoms with Crippen molar-refractivity contribution in [1.29, 1.82) is 0 Å². The zero-order valence-electron chi connectivity index (χ0n) is 12.2. The molecule has 2 fully saturated rings. The molecule has 2 aromatic rings. The average Bonchev–Trinajstić information content (AvgIpc) is 3.11. The summed E-state index contributed by atoms with van der Waals surface area (Å²) in [5.74, 6) is 2.82. The lowest BCUT2D eigenvalue weighted by Crippen LogP contribution is -2.28. The van der Waals surface area contributed by atoms with Crippen molar-refractivity contribution in [1.82, 2.24) is 5.32 Å². The Morgan fingerprint density at radius 3 is 2.55 bits per heavy atom. The molecule has 4 rings (SSSR count). The molecule has 0 aliphatic heterocycles. The van der Waals surface area contributed by atoms with E-state index in [1.54, 1.807) is 0 Å². The Morgan fingerprint density at radius 2 is 1.85 bits per heavy atom. The molecule has 1 heteroatoms. The molecule has 0 saturated heterocycles. The van der Waals surface area contributed by atoms with Gasteiger partial charge in [0.15, 0.2) is 0 Å². The third-order valence-corrected chi connectivity index (χ3v) is 5.66. The van der Waals surface area contributed by atoms with Crippen LogP contribution in [-0.2, 0) is 0 Å². The van der Waals surface area contributed by atoms with Crippen LogP contribution in [0.25, 0.3) is 10.8 Å². The van der Waals surface area contributed by atoms with Crippen molar-refractivity contribution in [3.05, 3.63) is 48.0 Å². The molecule has 1 nitrogen and oxygen atoms in total. The van der Waals surface area contributed by atoms with Crippen molar-refractivity contribution in [3.63, 3.8) is 0 Å². The molecule has 0 heterocycles. The van der Waals surface area contributed by atoms with Gasteiger partial charge in [-0.15, -0.1) is 0 Å². The van der Waals surface area contributed by atoms with E-state index >= 15 is 0 Å². The number of rotatable bonds is 3. The van der Waals surface area contributed by atoms with Crippen LogP contribution in [0.2, 0.25) is 0 Å². The molecule has 0 amide bonds. The Bertz CT molecular complexity index is 618. The smallest absolute Gasteiger partial charge is 0.0349 e. The molecule has 0 aromatic heterocycles. The Hall–Kier alpha value is -1.34. The van der Waals surface area contributed by atoms with Gasteiger partial charge in [-0.05, 0) is 66.5 Å². The first-order chi connectivity index (χ1) is 9.85. The zero-order chi connectivity index (χ0) is 13.5. The number of benzene rings is 2. The zero-order valence-corrected chi connectivity index (χ0v) is 12.2. The molecule has 2 aliphatic rings. The lowest BCUT2D eigenvalue weighted by atomic mass is 9.80. The monoisotopic (exact) mass is 265 g/mol. The molecule has 0 spiro atoms. The number of nitrogens with one attached hydrogen (secondary N) is 1. The first-order valence-electron chi connectivity index (χ1n) is 8.01. The summed E-state index contributed by atoms with van der Waals surface area (Å²) in [5, 5.41) is 6.33. The number of hydrogen-bond donors (Lipinski definition) is 1. The van der Waals surface area contributed by atoms with Crippen molar-refractivity contribution in [3.8, 4) is 0 Å². The summed E-state index contributed by atoms with van der Waals surface area (Å²) in [6.07, 6.45) is 5.86. The lowest BCUT2D eigenvalue weighted by Gasteiger charge is -2.31. The third-order valence-electron chi connectivity index (χ3n) is 5.66. The fourth-order valence-corrected chi connectivity index (χ4v) is 4.73. The predicted molar refractivity (Wildman–Crippen MR) is 84.7 cm³/mol. The fourth-order valence-electron chi connectivity index (χ4n) is 4.73. The second-order valence-corrected chi connectivity index (χ2v) is 6.71. The minimum Gasteiger partial charge on any atom is -0.313 e. The summed E-state index contributed by atoms with van der Waals surface area (Å²) in [5.41, 5.74) is 1.48. The highest BCUT2D eigenvalue weighted by molar-refractivity contribution is 5.83. The lowest BCUT2D eigenvalue weighted by molar-refractivity contribution is 0.260. The van der Waals surface area contributed by atoms with E-state index < -0.39 is 0 Å². The predicted octanol–water partition coefficient (Wildman–Crippen LogP) is 4.54. The summed E-state index contributed by atoms with van der Waals surface area (Å²) < 4.78 is 0. The van der Waals surface area contributed by atoms with E-state index in [1.807, 2.05) is 0 Å². The molecule has 1 N–H and O–H groups in total. The Morgan fingerprint density at radius 1 is 1.00 bits per heavy atom. The normalized spacial score (nSPS) is 29.9. The minimum absolute atomic E-state index is 0.537. The summed E-state index contributed by atoms with van der Waals surface area (Å²) in [4.78, 5) is 0. The molecule has 104 valence electrons. The Labute approximate surface area is 121 Å². The van der Waals surface area contributed by atoms with E-state index in [9.17, 15) is 0 Å². The second-order valence-electron chi connectivity index (χ2n) is 6.71. The van der Waals surface area contributed by atoms with E-state index in [0.29, 0.717) is 6.04 Å². The first-order valence-corrected chi connectivity index (χ1v) is 8.01. The summed E-state index contributed by atoms with van der Waals surface area (Å²) in [7, 11) is 2.13. The van der Waals surface area contributed by atoms with Gasteiger partial charge in [0, 0.05) is 6.04 Å². The third kappa shape index (κ3) is 1.96. The van der Waals surface area contributed by atoms with Crippen LogP contribution in [-0.4, -0.2) is 7.05 Å². The van der Waals surface area contributed by atoms with Crippen molar-refractivity contribution in [2.24, 2.45) is 17.8 Å². The molecule has 2 saturated carbocycles. The van der Waals surface area contributed by atoms with Gasteiger partial charge in [0.2, 0.25) is 0 Å². The van der Waals surface area contributed by atoms with Crippen molar-refractivity contribution in [2.75, 3.05) is 7.05 Å². The van der Waals surface area contributed by atoms with Gasteiger partial charge < -0.3 is 5.32 Å². The van der Waals surface area contributed by atoms with Crippen molar-refractivity contribution in [2.45, 2.75) is 31.7 Å². The van der Waals surface area contributed by atoms with Crippen LogP contribution in [0.5, 0.6) is 0 Å². The van der Waals surface area contributed by atoms with Crippen LogP contribution in [0.15, 0.2) is 42.5 Å². The molecule has 2 aromatic carbocycles. The Kier molecular flexibility index (Phi) is 3.03. The van der Waals surface area contributed by atoms with Crippen LogP contribution in [0.4, 0.5) is 0 Å².